The Balaban J connectivity index is 1.66. The molecule has 0 spiro atoms. The van der Waals surface area contributed by atoms with Gasteiger partial charge in [0, 0.05) is 30.0 Å². The number of nitrogens with zero attached hydrogens (tertiary/aromatic N) is 1. The molecular weight excluding hydrogens is 454 g/mol. The van der Waals surface area contributed by atoms with Crippen LogP contribution in [0.1, 0.15) is 51.8 Å². The van der Waals surface area contributed by atoms with Crippen LogP contribution < -0.4 is 9.47 Å². The van der Waals surface area contributed by atoms with Gasteiger partial charge in [0.1, 0.15) is 18.1 Å². The van der Waals surface area contributed by atoms with Crippen molar-refractivity contribution in [2.75, 3.05) is 26.4 Å². The summed E-state index contributed by atoms with van der Waals surface area (Å²) in [5.41, 5.74) is 4.55. The maximum absolute atomic E-state index is 12.1. The van der Waals surface area contributed by atoms with E-state index in [2.05, 4.69) is 42.7 Å². The molecule has 0 fully saturated rings. The summed E-state index contributed by atoms with van der Waals surface area (Å²) in [6, 6.07) is 20.4. The lowest BCUT2D eigenvalue weighted by Crippen LogP contribution is -2.28. The minimum atomic E-state index is -0.593. The third kappa shape index (κ3) is 7.37. The topological polar surface area (TPSA) is 58.9 Å². The lowest BCUT2D eigenvalue weighted by Gasteiger charge is -2.17. The van der Waals surface area contributed by atoms with E-state index in [0.717, 1.165) is 34.9 Å². The van der Waals surface area contributed by atoms with E-state index in [1.165, 1.54) is 5.69 Å². The van der Waals surface area contributed by atoms with Gasteiger partial charge in [0.05, 0.1) is 19.8 Å². The Morgan fingerprint density at radius 1 is 0.861 bits per heavy atom. The van der Waals surface area contributed by atoms with Crippen molar-refractivity contribution in [1.29, 1.82) is 0 Å². The molecule has 2 aromatic carbocycles. The Morgan fingerprint density at radius 3 is 2.31 bits per heavy atom. The van der Waals surface area contributed by atoms with E-state index >= 15 is 0 Å². The average molecular weight is 494 g/mol. The van der Waals surface area contributed by atoms with Crippen LogP contribution in [-0.4, -0.2) is 43.1 Å². The van der Waals surface area contributed by atoms with Gasteiger partial charge in [-0.3, -0.25) is 0 Å². The third-order valence-corrected chi connectivity index (χ3v) is 5.89. The van der Waals surface area contributed by atoms with E-state index in [-0.39, 0.29) is 5.97 Å². The molecule has 0 radical (unpaired) electrons. The molecule has 36 heavy (non-hydrogen) atoms. The molecule has 0 aliphatic heterocycles. The molecule has 6 nitrogen and oxygen atoms in total. The number of carbonyl (C=O) groups is 1. The third-order valence-electron chi connectivity index (χ3n) is 5.89. The molecule has 3 aromatic rings. The van der Waals surface area contributed by atoms with Gasteiger partial charge < -0.3 is 23.5 Å². The first kappa shape index (κ1) is 27.3. The van der Waals surface area contributed by atoms with Gasteiger partial charge in [0.2, 0.25) is 0 Å². The number of hydrogen-bond acceptors (Lipinski definition) is 5. The van der Waals surface area contributed by atoms with Crippen molar-refractivity contribution in [2.45, 2.75) is 59.6 Å². The lowest BCUT2D eigenvalue weighted by atomic mass is 10.1. The standard InChI is InChI=1S/C30H39NO5/c1-6-33-26-11-9-10-24(21-26)28-17-16-27(22(4)5)31(28)18-19-36-25-14-12-23(13-15-25)20-29(34-7-2)30(32)35-8-3/h9-17,21-22,29H,6-8,18-20H2,1-5H3. The van der Waals surface area contributed by atoms with Gasteiger partial charge in [-0.05, 0) is 68.7 Å². The molecule has 6 heteroatoms. The Morgan fingerprint density at radius 2 is 1.64 bits per heavy atom. The van der Waals surface area contributed by atoms with Gasteiger partial charge in [-0.15, -0.1) is 0 Å². The zero-order valence-electron chi connectivity index (χ0n) is 22.2. The van der Waals surface area contributed by atoms with Crippen molar-refractivity contribution in [3.8, 4) is 22.8 Å². The minimum Gasteiger partial charge on any atom is -0.494 e. The van der Waals surface area contributed by atoms with Crippen LogP contribution in [0.25, 0.3) is 11.3 Å². The Bertz CT molecular complexity index is 1090. The van der Waals surface area contributed by atoms with E-state index < -0.39 is 6.10 Å². The van der Waals surface area contributed by atoms with Crippen LogP contribution in [0.15, 0.2) is 60.7 Å². The van der Waals surface area contributed by atoms with E-state index in [9.17, 15) is 4.79 Å². The Hall–Kier alpha value is -3.25. The number of ether oxygens (including phenoxy) is 4. The van der Waals surface area contributed by atoms with Crippen LogP contribution in [-0.2, 0) is 27.2 Å². The van der Waals surface area contributed by atoms with Gasteiger partial charge in [0.15, 0.2) is 6.10 Å². The van der Waals surface area contributed by atoms with E-state index in [1.54, 1.807) is 6.92 Å². The lowest BCUT2D eigenvalue weighted by molar-refractivity contribution is -0.156. The summed E-state index contributed by atoms with van der Waals surface area (Å²) >= 11 is 0. The Kier molecular flexibility index (Phi) is 10.4. The van der Waals surface area contributed by atoms with Gasteiger partial charge >= 0.3 is 5.97 Å². The summed E-state index contributed by atoms with van der Waals surface area (Å²) in [7, 11) is 0. The fourth-order valence-electron chi connectivity index (χ4n) is 4.24. The van der Waals surface area contributed by atoms with Gasteiger partial charge in [-0.1, -0.05) is 38.1 Å². The molecular formula is C30H39NO5. The number of aromatic nitrogens is 1. The molecule has 0 saturated carbocycles. The largest absolute Gasteiger partial charge is 0.494 e. The zero-order chi connectivity index (χ0) is 25.9. The second kappa shape index (κ2) is 13.7. The van der Waals surface area contributed by atoms with Crippen LogP contribution in [0.5, 0.6) is 11.5 Å². The summed E-state index contributed by atoms with van der Waals surface area (Å²) in [6.07, 6.45) is -0.123. The van der Waals surface area contributed by atoms with Crippen molar-refractivity contribution in [3.05, 3.63) is 71.9 Å². The maximum atomic E-state index is 12.1. The van der Waals surface area contributed by atoms with Crippen molar-refractivity contribution in [3.63, 3.8) is 0 Å². The quantitative estimate of drug-likeness (QED) is 0.248. The molecule has 0 aliphatic rings. The number of benzene rings is 2. The van der Waals surface area contributed by atoms with Crippen molar-refractivity contribution in [2.24, 2.45) is 0 Å². The summed E-state index contributed by atoms with van der Waals surface area (Å²) in [4.78, 5) is 12.1. The first-order chi connectivity index (χ1) is 17.5. The summed E-state index contributed by atoms with van der Waals surface area (Å²) in [5, 5.41) is 0. The van der Waals surface area contributed by atoms with Gasteiger partial charge in [-0.2, -0.15) is 0 Å². The predicted molar refractivity (Wildman–Crippen MR) is 143 cm³/mol. The van der Waals surface area contributed by atoms with E-state index in [0.29, 0.717) is 38.8 Å². The second-order valence-corrected chi connectivity index (χ2v) is 8.80. The van der Waals surface area contributed by atoms with Crippen LogP contribution in [0.2, 0.25) is 0 Å². The van der Waals surface area contributed by atoms with Crippen molar-refractivity contribution < 1.29 is 23.7 Å². The van der Waals surface area contributed by atoms with Crippen LogP contribution in [0.3, 0.4) is 0 Å². The average Bonchev–Trinajstić information content (AvgIpc) is 3.29. The molecule has 0 amide bonds. The molecule has 1 unspecified atom stereocenters. The van der Waals surface area contributed by atoms with Crippen LogP contribution in [0.4, 0.5) is 0 Å². The molecule has 1 aromatic heterocycles. The number of rotatable bonds is 14. The van der Waals surface area contributed by atoms with E-state index in [4.69, 9.17) is 18.9 Å². The molecule has 0 aliphatic carbocycles. The molecule has 0 bridgehead atoms. The second-order valence-electron chi connectivity index (χ2n) is 8.80. The number of esters is 1. The summed E-state index contributed by atoms with van der Waals surface area (Å²) in [5.74, 6) is 1.74. The first-order valence-electron chi connectivity index (χ1n) is 12.9. The highest BCUT2D eigenvalue weighted by Gasteiger charge is 2.20. The monoisotopic (exact) mass is 493 g/mol. The Labute approximate surface area is 215 Å². The normalized spacial score (nSPS) is 11.9. The molecule has 0 N–H and O–H groups in total. The molecule has 0 saturated heterocycles. The zero-order valence-corrected chi connectivity index (χ0v) is 22.2. The van der Waals surface area contributed by atoms with Crippen LogP contribution >= 0.6 is 0 Å². The highest BCUT2D eigenvalue weighted by atomic mass is 16.6. The summed E-state index contributed by atoms with van der Waals surface area (Å²) in [6.45, 7) is 12.8. The first-order valence-corrected chi connectivity index (χ1v) is 12.9. The predicted octanol–water partition coefficient (Wildman–Crippen LogP) is 6.27. The molecule has 1 heterocycles. The van der Waals surface area contributed by atoms with Gasteiger partial charge in [0.25, 0.3) is 0 Å². The van der Waals surface area contributed by atoms with Crippen molar-refractivity contribution >= 4 is 5.97 Å². The van der Waals surface area contributed by atoms with Crippen LogP contribution in [0, 0.1) is 0 Å². The van der Waals surface area contributed by atoms with Crippen molar-refractivity contribution in [1.82, 2.24) is 4.57 Å². The highest BCUT2D eigenvalue weighted by Crippen LogP contribution is 2.29. The number of hydrogen-bond donors (Lipinski definition) is 0. The smallest absolute Gasteiger partial charge is 0.335 e. The SMILES string of the molecule is CCOC(=O)C(Cc1ccc(OCCn2c(-c3cccc(OCC)c3)ccc2C(C)C)cc1)OCC. The fourth-order valence-corrected chi connectivity index (χ4v) is 4.24. The minimum absolute atomic E-state index is 0.324. The molecule has 1 atom stereocenters. The summed E-state index contributed by atoms with van der Waals surface area (Å²) < 4.78 is 24.8. The maximum Gasteiger partial charge on any atom is 0.335 e. The molecule has 3 rings (SSSR count). The number of carbonyl (C=O) groups excluding carboxylic acids is 1. The molecule has 194 valence electrons. The highest BCUT2D eigenvalue weighted by molar-refractivity contribution is 5.75. The van der Waals surface area contributed by atoms with Gasteiger partial charge in [-0.25, -0.2) is 4.79 Å². The van der Waals surface area contributed by atoms with E-state index in [1.807, 2.05) is 50.2 Å². The fraction of sp³-hybridized carbons (Fsp3) is 0.433.